The molecule has 1 atom stereocenters. The first-order chi connectivity index (χ1) is 16.6. The number of carbonyl (C=O) groups is 2. The number of hydrogen-bond donors (Lipinski definition) is 1. The second-order valence-corrected chi connectivity index (χ2v) is 7.56. The zero-order chi connectivity index (χ0) is 25.2. The predicted octanol–water partition coefficient (Wildman–Crippen LogP) is 4.59. The van der Waals surface area contributed by atoms with Gasteiger partial charge >= 0.3 is 12.1 Å². The van der Waals surface area contributed by atoms with Crippen LogP contribution in [0.25, 0.3) is 16.5 Å². The third-order valence-electron chi connectivity index (χ3n) is 5.11. The molecule has 178 valence electrons. The van der Waals surface area contributed by atoms with Crippen LogP contribution < -0.4 is 10.9 Å². The van der Waals surface area contributed by atoms with Gasteiger partial charge in [0.1, 0.15) is 0 Å². The lowest BCUT2D eigenvalue weighted by Gasteiger charge is -2.15. The van der Waals surface area contributed by atoms with Crippen LogP contribution in [0.2, 0.25) is 0 Å². The van der Waals surface area contributed by atoms with Crippen molar-refractivity contribution in [3.8, 4) is 5.69 Å². The van der Waals surface area contributed by atoms with E-state index in [-0.39, 0.29) is 22.2 Å². The Kier molecular flexibility index (Phi) is 6.37. The molecule has 0 saturated heterocycles. The predicted molar refractivity (Wildman–Crippen MR) is 122 cm³/mol. The van der Waals surface area contributed by atoms with Crippen molar-refractivity contribution < 1.29 is 27.5 Å². The average molecular weight is 481 g/mol. The van der Waals surface area contributed by atoms with Crippen LogP contribution in [0.5, 0.6) is 0 Å². The largest absolute Gasteiger partial charge is 0.448 e. The molecule has 1 N–H and O–H groups in total. The Bertz CT molecular complexity index is 1470. The molecular weight excluding hydrogens is 463 g/mol. The van der Waals surface area contributed by atoms with Crippen LogP contribution in [0.4, 0.5) is 18.9 Å². The van der Waals surface area contributed by atoms with Crippen LogP contribution in [0.15, 0.2) is 83.7 Å². The fraction of sp³-hybridized carbons (Fsp3) is 0.120. The lowest BCUT2D eigenvalue weighted by molar-refractivity contribution is -0.137. The van der Waals surface area contributed by atoms with E-state index in [1.165, 1.54) is 19.1 Å². The first-order valence-corrected chi connectivity index (χ1v) is 10.4. The van der Waals surface area contributed by atoms with Gasteiger partial charge in [0.2, 0.25) is 0 Å². The van der Waals surface area contributed by atoms with Gasteiger partial charge in [-0.05, 0) is 43.3 Å². The molecule has 0 spiro atoms. The summed E-state index contributed by atoms with van der Waals surface area (Å²) in [6.07, 6.45) is -5.94. The number of anilines is 1. The quantitative estimate of drug-likeness (QED) is 0.421. The minimum atomic E-state index is -4.58. The second-order valence-electron chi connectivity index (χ2n) is 7.56. The highest BCUT2D eigenvalue weighted by atomic mass is 19.4. The van der Waals surface area contributed by atoms with Crippen LogP contribution in [-0.2, 0) is 15.7 Å². The molecule has 35 heavy (non-hydrogen) atoms. The molecule has 0 aliphatic rings. The van der Waals surface area contributed by atoms with Crippen molar-refractivity contribution >= 4 is 28.3 Å². The maximum absolute atomic E-state index is 13.0. The summed E-state index contributed by atoms with van der Waals surface area (Å²) >= 11 is 0. The van der Waals surface area contributed by atoms with Crippen molar-refractivity contribution in [1.29, 1.82) is 0 Å². The van der Waals surface area contributed by atoms with Gasteiger partial charge in [0.15, 0.2) is 11.8 Å². The molecule has 0 bridgehead atoms. The van der Waals surface area contributed by atoms with Crippen molar-refractivity contribution in [3.05, 3.63) is 100 Å². The topological polar surface area (TPSA) is 90.3 Å². The molecule has 1 heterocycles. The standard InChI is InChI=1S/C25H18F3N3O4/c1-15(22(32)29-17-9-7-8-16(14-17)25(26,27)28)35-24(34)21-19-12-5-6-13-20(19)23(33)31(30-21)18-10-3-2-4-11-18/h2-15H,1H3,(H,29,32). The molecular formula is C25H18F3N3O4. The number of nitrogens with zero attached hydrogens (tertiary/aromatic N) is 2. The number of fused-ring (bicyclic) bond motifs is 1. The molecule has 0 fully saturated rings. The van der Waals surface area contributed by atoms with E-state index in [4.69, 9.17) is 4.74 Å². The number of nitrogens with one attached hydrogen (secondary N) is 1. The molecule has 0 radical (unpaired) electrons. The van der Waals surface area contributed by atoms with Crippen LogP contribution in [0, 0.1) is 0 Å². The van der Waals surface area contributed by atoms with E-state index in [9.17, 15) is 27.6 Å². The summed E-state index contributed by atoms with van der Waals surface area (Å²) in [4.78, 5) is 38.4. The smallest absolute Gasteiger partial charge is 0.416 e. The Morgan fingerprint density at radius 1 is 0.943 bits per heavy atom. The maximum atomic E-state index is 13.0. The summed E-state index contributed by atoms with van der Waals surface area (Å²) in [7, 11) is 0. The SMILES string of the molecule is CC(OC(=O)c1nn(-c2ccccc2)c(=O)c2ccccc12)C(=O)Nc1cccc(C(F)(F)F)c1. The fourth-order valence-electron chi connectivity index (χ4n) is 3.37. The van der Waals surface area contributed by atoms with Crippen molar-refractivity contribution in [2.24, 2.45) is 0 Å². The Morgan fingerprint density at radius 2 is 1.60 bits per heavy atom. The van der Waals surface area contributed by atoms with Crippen LogP contribution >= 0.6 is 0 Å². The normalized spacial score (nSPS) is 12.2. The summed E-state index contributed by atoms with van der Waals surface area (Å²) in [6.45, 7) is 1.27. The third kappa shape index (κ3) is 5.06. The number of rotatable bonds is 5. The van der Waals surface area contributed by atoms with Crippen molar-refractivity contribution in [1.82, 2.24) is 9.78 Å². The molecule has 0 saturated carbocycles. The number of aromatic nitrogens is 2. The first kappa shape index (κ1) is 23.7. The number of para-hydroxylation sites is 1. The Hall–Kier alpha value is -4.47. The molecule has 3 aromatic carbocycles. The minimum absolute atomic E-state index is 0.103. The summed E-state index contributed by atoms with van der Waals surface area (Å²) in [5.74, 6) is -1.81. The number of amides is 1. The fourth-order valence-corrected chi connectivity index (χ4v) is 3.37. The first-order valence-electron chi connectivity index (χ1n) is 10.4. The Labute approximate surface area is 196 Å². The van der Waals surface area contributed by atoms with Crippen LogP contribution in [0.1, 0.15) is 23.0 Å². The molecule has 10 heteroatoms. The lowest BCUT2D eigenvalue weighted by atomic mass is 10.1. The van der Waals surface area contributed by atoms with Gasteiger partial charge in [0.05, 0.1) is 16.6 Å². The van der Waals surface area contributed by atoms with Gasteiger partial charge in [-0.1, -0.05) is 42.5 Å². The molecule has 1 unspecified atom stereocenters. The van der Waals surface area contributed by atoms with E-state index in [1.807, 2.05) is 0 Å². The van der Waals surface area contributed by atoms with Crippen molar-refractivity contribution in [2.45, 2.75) is 19.2 Å². The monoisotopic (exact) mass is 481 g/mol. The van der Waals surface area contributed by atoms with Gasteiger partial charge in [-0.25, -0.2) is 4.79 Å². The van der Waals surface area contributed by atoms with E-state index in [1.54, 1.807) is 48.5 Å². The summed E-state index contributed by atoms with van der Waals surface area (Å²) < 4.78 is 45.1. The number of hydrogen-bond acceptors (Lipinski definition) is 5. The van der Waals surface area contributed by atoms with Crippen molar-refractivity contribution in [3.63, 3.8) is 0 Å². The maximum Gasteiger partial charge on any atom is 0.416 e. The highest BCUT2D eigenvalue weighted by Crippen LogP contribution is 2.30. The Morgan fingerprint density at radius 3 is 2.29 bits per heavy atom. The van der Waals surface area contributed by atoms with E-state index in [0.29, 0.717) is 5.69 Å². The minimum Gasteiger partial charge on any atom is -0.448 e. The third-order valence-corrected chi connectivity index (χ3v) is 5.11. The van der Waals surface area contributed by atoms with E-state index in [0.717, 1.165) is 22.9 Å². The molecule has 4 aromatic rings. The molecule has 0 aliphatic heterocycles. The van der Waals surface area contributed by atoms with Crippen LogP contribution in [0.3, 0.4) is 0 Å². The van der Waals surface area contributed by atoms with Gasteiger partial charge in [0.25, 0.3) is 11.5 Å². The highest BCUT2D eigenvalue weighted by Gasteiger charge is 2.31. The Balaban J connectivity index is 1.61. The van der Waals surface area contributed by atoms with Gasteiger partial charge in [0, 0.05) is 11.1 Å². The van der Waals surface area contributed by atoms with Gasteiger partial charge in [-0.15, -0.1) is 0 Å². The second kappa shape index (κ2) is 9.41. The van der Waals surface area contributed by atoms with E-state index >= 15 is 0 Å². The molecule has 1 amide bonds. The molecule has 4 rings (SSSR count). The van der Waals surface area contributed by atoms with Crippen LogP contribution in [-0.4, -0.2) is 27.8 Å². The molecule has 1 aromatic heterocycles. The molecule has 7 nitrogen and oxygen atoms in total. The summed E-state index contributed by atoms with van der Waals surface area (Å²) in [5, 5.41) is 6.94. The van der Waals surface area contributed by atoms with E-state index in [2.05, 4.69) is 10.4 Å². The summed E-state index contributed by atoms with van der Waals surface area (Å²) in [6, 6.07) is 18.9. The number of alkyl halides is 3. The summed E-state index contributed by atoms with van der Waals surface area (Å²) in [5.41, 5.74) is -1.25. The zero-order valence-electron chi connectivity index (χ0n) is 18.2. The van der Waals surface area contributed by atoms with Gasteiger partial charge in [-0.2, -0.15) is 23.0 Å². The highest BCUT2D eigenvalue weighted by molar-refractivity contribution is 6.03. The molecule has 0 aliphatic carbocycles. The van der Waals surface area contributed by atoms with Crippen molar-refractivity contribution in [2.75, 3.05) is 5.32 Å². The zero-order valence-corrected chi connectivity index (χ0v) is 18.2. The number of benzene rings is 3. The van der Waals surface area contributed by atoms with Gasteiger partial charge < -0.3 is 10.1 Å². The van der Waals surface area contributed by atoms with Gasteiger partial charge in [-0.3, -0.25) is 9.59 Å². The number of ether oxygens (including phenoxy) is 1. The lowest BCUT2D eigenvalue weighted by Crippen LogP contribution is -2.31. The van der Waals surface area contributed by atoms with E-state index < -0.39 is 35.3 Å². The number of halogens is 3. The average Bonchev–Trinajstić information content (AvgIpc) is 2.84. The number of carbonyl (C=O) groups excluding carboxylic acids is 2. The number of esters is 1.